The summed E-state index contributed by atoms with van der Waals surface area (Å²) >= 11 is 6.38. The molecule has 4 saturated heterocycles. The number of carbonyl (C=O) groups excluding carboxylic acids is 2. The minimum absolute atomic E-state index is 0.0200. The molecule has 4 aliphatic rings. The van der Waals surface area contributed by atoms with Crippen molar-refractivity contribution < 1.29 is 47.2 Å². The number of carbonyl (C=O) groups is 2. The number of aromatic nitrogens is 12. The molecule has 0 saturated carbocycles. The Hall–Kier alpha value is -11.4. The SMILES string of the molecule is CC(C)(C)CN1CC(c2nnc(C(=O)c3nc4ccc(-c5ccccc5)cc4s3)o2)C1.CC(C)(C)CN1CC(c2nnc(Cc3nc4ccc(-c5ccccc5)cc4s3)o2)C1.CC(C)(C)OC(=O)N1CC(c2nnc(Cc3nc4ccc(-c5ccccc5)cc4s3)o2)C1.COC(C)(C)C.OO.c1ccc(-c2ccc3nc(Cc4nnc(C5CNC5)o4)sc3c2)cc1. The number of hydrogen-bond donors (Lipinski definition) is 3. The van der Waals surface area contributed by atoms with E-state index >= 15 is 0 Å². The second-order valence-corrected chi connectivity index (χ2v) is 40.5. The van der Waals surface area contributed by atoms with Crippen molar-refractivity contribution in [1.82, 2.24) is 80.7 Å². The minimum atomic E-state index is -0.501. The van der Waals surface area contributed by atoms with Crippen LogP contribution in [0, 0.1) is 10.8 Å². The molecule has 0 atom stereocenters. The lowest BCUT2D eigenvalue weighted by molar-refractivity contribution is -0.176. The van der Waals surface area contributed by atoms with Crippen LogP contribution in [0.1, 0.15) is 179 Å². The van der Waals surface area contributed by atoms with Gasteiger partial charge in [0.2, 0.25) is 41.2 Å². The third-order valence-electron chi connectivity index (χ3n) is 20.9. The van der Waals surface area contributed by atoms with Crippen LogP contribution in [-0.4, -0.2) is 182 Å². The molecule has 0 aliphatic carbocycles. The van der Waals surface area contributed by atoms with Gasteiger partial charge in [0.15, 0.2) is 5.01 Å². The van der Waals surface area contributed by atoms with E-state index in [2.05, 4.69) is 236 Å². The molecule has 26 nitrogen and oxygen atoms in total. The van der Waals surface area contributed by atoms with Crippen molar-refractivity contribution in [3.8, 4) is 44.5 Å². The number of ketones is 1. The molecule has 8 aromatic heterocycles. The van der Waals surface area contributed by atoms with Crippen molar-refractivity contribution in [3.05, 3.63) is 261 Å². The van der Waals surface area contributed by atoms with Gasteiger partial charge in [-0.05, 0) is 145 Å². The number of fused-ring (bicyclic) bond motifs is 4. The standard InChI is InChI=1S/C24H24N4O3S.C24H24N4O2S.C24H26N4OS.C19H16N4OS.C5H12O.H2O2/c1-24(2,3)31-23(29)28-13-17(14-28)22-27-26-20(30-22)12-21-25-18-10-9-16(11-19(18)32-21)15-7-5-4-6-8-15;1-24(2,3)14-28-12-17(13-28)21-26-27-22(30-21)20(29)23-25-18-10-9-16(11-19(18)31-23)15-7-5-4-6-8-15;1-24(2,3)15-28-13-18(14-28)23-27-26-21(29-23)12-22-25-19-10-9-17(11-20(19)30-22)16-7-5-4-6-8-16;1-2-4-12(5-3-1)13-6-7-15-16(8-13)25-18(21-15)9-17-22-23-19(24-17)14-10-20-11-14;1-5(2,3)6-4;1-2/h4-11,17H,12-14H2,1-3H3;4-11,17H,12-14H2,1-3H3;4-11,18H,12-15H2,1-3H3;1-8,14,20H,9-11H2;1-4H3;1-2H. The molecule has 652 valence electrons. The molecule has 8 aromatic carbocycles. The first-order valence-corrected chi connectivity index (χ1v) is 45.3. The van der Waals surface area contributed by atoms with E-state index in [-0.39, 0.29) is 40.6 Å². The molecule has 3 N–H and O–H groups in total. The number of rotatable bonds is 18. The third-order valence-corrected chi connectivity index (χ3v) is 25.0. The zero-order valence-electron chi connectivity index (χ0n) is 73.0. The highest BCUT2D eigenvalue weighted by atomic mass is 32.1. The molecule has 0 radical (unpaired) electrons. The first kappa shape index (κ1) is 89.4. The van der Waals surface area contributed by atoms with E-state index in [1.807, 2.05) is 102 Å². The van der Waals surface area contributed by atoms with Gasteiger partial charge in [-0.3, -0.25) is 15.3 Å². The van der Waals surface area contributed by atoms with Gasteiger partial charge in [-0.15, -0.1) is 86.1 Å². The quantitative estimate of drug-likeness (QED) is 0.0408. The smallest absolute Gasteiger partial charge is 0.410 e. The monoisotopic (exact) mass is 1770 g/mol. The van der Waals surface area contributed by atoms with E-state index in [0.717, 1.165) is 122 Å². The number of methoxy groups -OCH3 is 1. The zero-order chi connectivity index (χ0) is 88.4. The average Bonchev–Trinajstić information content (AvgIpc) is 1.57. The summed E-state index contributed by atoms with van der Waals surface area (Å²) in [5, 5.41) is 52.0. The van der Waals surface area contributed by atoms with Crippen LogP contribution in [0.15, 0.2) is 212 Å². The van der Waals surface area contributed by atoms with E-state index in [1.54, 1.807) is 46.0 Å². The number of nitrogens with zero attached hydrogens (tertiary/aromatic N) is 15. The highest BCUT2D eigenvalue weighted by Gasteiger charge is 2.39. The highest BCUT2D eigenvalue weighted by Crippen LogP contribution is 2.38. The fourth-order valence-electron chi connectivity index (χ4n) is 14.5. The van der Waals surface area contributed by atoms with Gasteiger partial charge in [0.25, 0.3) is 11.7 Å². The van der Waals surface area contributed by atoms with Crippen LogP contribution in [0.4, 0.5) is 4.79 Å². The number of likely N-dealkylation sites (tertiary alicyclic amines) is 3. The van der Waals surface area contributed by atoms with E-state index in [1.165, 1.54) is 54.1 Å². The van der Waals surface area contributed by atoms with E-state index < -0.39 is 5.60 Å². The molecule has 0 bridgehead atoms. The predicted molar refractivity (Wildman–Crippen MR) is 495 cm³/mol. The summed E-state index contributed by atoms with van der Waals surface area (Å²) in [6.45, 7) is 33.9. The summed E-state index contributed by atoms with van der Waals surface area (Å²) in [6.07, 6.45) is 1.37. The molecule has 0 unspecified atom stereocenters. The largest absolute Gasteiger partial charge is 0.444 e. The summed E-state index contributed by atoms with van der Waals surface area (Å²) in [5.41, 5.74) is 13.4. The van der Waals surface area contributed by atoms with Gasteiger partial charge >= 0.3 is 6.09 Å². The maximum absolute atomic E-state index is 12.9. The number of benzene rings is 8. The maximum atomic E-state index is 12.9. The van der Waals surface area contributed by atoms with Crippen LogP contribution >= 0.6 is 45.3 Å². The second kappa shape index (κ2) is 39.2. The third kappa shape index (κ3) is 23.4. The predicted octanol–water partition coefficient (Wildman–Crippen LogP) is 20.7. The summed E-state index contributed by atoms with van der Waals surface area (Å²) in [6, 6.07) is 66.5. The molecule has 1 amide bonds. The Labute approximate surface area is 747 Å². The zero-order valence-corrected chi connectivity index (χ0v) is 76.2. The number of hydrogen-bond acceptors (Lipinski definition) is 29. The van der Waals surface area contributed by atoms with E-state index in [4.69, 9.17) is 52.6 Å². The molecule has 12 heterocycles. The van der Waals surface area contributed by atoms with E-state index in [9.17, 15) is 9.59 Å². The number of ether oxygens (including phenoxy) is 2. The Bertz CT molecular complexity index is 6300. The lowest BCUT2D eigenvalue weighted by Gasteiger charge is -2.40. The molecule has 0 spiro atoms. The van der Waals surface area contributed by atoms with Crippen LogP contribution in [0.5, 0.6) is 0 Å². The maximum Gasteiger partial charge on any atom is 0.410 e. The van der Waals surface area contributed by atoms with Gasteiger partial charge in [-0.25, -0.2) is 24.7 Å². The fraction of sp³-hybridized carbons (Fsp3) is 0.354. The van der Waals surface area contributed by atoms with Crippen LogP contribution in [0.25, 0.3) is 85.4 Å². The average molecular weight is 1770 g/mol. The summed E-state index contributed by atoms with van der Waals surface area (Å²) < 4.78 is 38.2. The number of amides is 1. The van der Waals surface area contributed by atoms with Crippen LogP contribution in [0.2, 0.25) is 0 Å². The topological polar surface area (TPSA) is 322 Å². The molecule has 4 fully saturated rings. The normalized spacial score (nSPS) is 14.7. The molecule has 20 rings (SSSR count). The summed E-state index contributed by atoms with van der Waals surface area (Å²) in [5.74, 6) is 5.12. The van der Waals surface area contributed by atoms with Crippen molar-refractivity contribution in [2.75, 3.05) is 72.6 Å². The Kier molecular flexibility index (Phi) is 27.8. The van der Waals surface area contributed by atoms with Crippen LogP contribution < -0.4 is 5.32 Å². The van der Waals surface area contributed by atoms with Crippen molar-refractivity contribution in [1.29, 1.82) is 0 Å². The van der Waals surface area contributed by atoms with Gasteiger partial charge in [0.05, 0.1) is 89.4 Å². The lowest BCUT2D eigenvalue weighted by Crippen LogP contribution is -2.50. The molecular formula is C96H104N16O10S4. The van der Waals surface area contributed by atoms with E-state index in [0.29, 0.717) is 84.1 Å². The van der Waals surface area contributed by atoms with Crippen LogP contribution in [-0.2, 0) is 28.7 Å². The molecule has 30 heteroatoms. The Morgan fingerprint density at radius 2 is 0.706 bits per heavy atom. The Morgan fingerprint density at radius 1 is 0.389 bits per heavy atom. The number of thiazole rings is 4. The van der Waals surface area contributed by atoms with Gasteiger partial charge in [0.1, 0.15) is 20.6 Å². The first-order valence-electron chi connectivity index (χ1n) is 42.1. The van der Waals surface area contributed by atoms with Crippen molar-refractivity contribution >= 4 is 98.1 Å². The van der Waals surface area contributed by atoms with Crippen molar-refractivity contribution in [2.24, 2.45) is 10.8 Å². The number of nitrogens with one attached hydrogen (secondary N) is 1. The molecular weight excluding hydrogens is 1670 g/mol. The van der Waals surface area contributed by atoms with Crippen molar-refractivity contribution in [3.63, 3.8) is 0 Å². The first-order chi connectivity index (χ1) is 60.5. The summed E-state index contributed by atoms with van der Waals surface area (Å²) in [4.78, 5) is 50.2. The lowest BCUT2D eigenvalue weighted by atomic mass is 9.91. The Morgan fingerprint density at radius 3 is 1.03 bits per heavy atom. The minimum Gasteiger partial charge on any atom is -0.444 e. The molecule has 4 aliphatic heterocycles. The van der Waals surface area contributed by atoms with Crippen LogP contribution in [0.3, 0.4) is 0 Å². The van der Waals surface area contributed by atoms with Crippen molar-refractivity contribution in [2.45, 2.75) is 137 Å². The Balaban J connectivity index is 0.000000126. The van der Waals surface area contributed by atoms with Gasteiger partial charge in [0, 0.05) is 72.6 Å². The van der Waals surface area contributed by atoms with Gasteiger partial charge in [-0.2, -0.15) is 0 Å². The fourth-order valence-corrected chi connectivity index (χ4v) is 18.4. The molecule has 126 heavy (non-hydrogen) atoms. The summed E-state index contributed by atoms with van der Waals surface area (Å²) in [7, 11) is 1.71. The highest BCUT2D eigenvalue weighted by molar-refractivity contribution is 7.20. The second-order valence-electron chi connectivity index (χ2n) is 36.1. The molecule has 16 aromatic rings. The van der Waals surface area contributed by atoms with Gasteiger partial charge < -0.3 is 47.2 Å². The van der Waals surface area contributed by atoms with Gasteiger partial charge in [-0.1, -0.05) is 187 Å².